The fraction of sp³-hybridized carbons (Fsp3) is 0.176. The number of carbonyl (C=O) groups is 1. The van der Waals surface area contributed by atoms with Crippen LogP contribution in [-0.2, 0) is 4.79 Å². The molecular weight excluding hydrogens is 550 g/mol. The van der Waals surface area contributed by atoms with Gasteiger partial charge in [-0.05, 0) is 76.4 Å². The molecule has 0 bridgehead atoms. The predicted octanol–water partition coefficient (Wildman–Crippen LogP) is 3.53. The summed E-state index contributed by atoms with van der Waals surface area (Å²) in [6.07, 6.45) is 1.39. The molecule has 0 heterocycles. The first-order chi connectivity index (χ1) is 12.0. The third kappa shape index (κ3) is 6.03. The molecule has 2 rings (SSSR count). The zero-order valence-electron chi connectivity index (χ0n) is 13.3. The Balaban J connectivity index is 1.91. The Hall–Kier alpha value is -1.56. The molecule has 2 aromatic carbocycles. The lowest BCUT2D eigenvalue weighted by atomic mass is 10.2. The molecule has 0 fully saturated rings. The van der Waals surface area contributed by atoms with Gasteiger partial charge in [-0.15, -0.1) is 0 Å². The third-order valence-electron chi connectivity index (χ3n) is 2.96. The van der Waals surface area contributed by atoms with Gasteiger partial charge in [-0.25, -0.2) is 5.43 Å². The summed E-state index contributed by atoms with van der Waals surface area (Å²) < 4.78 is 12.6. The minimum atomic E-state index is -0.414. The third-order valence-corrected chi connectivity index (χ3v) is 4.40. The van der Waals surface area contributed by atoms with Crippen molar-refractivity contribution in [2.45, 2.75) is 6.92 Å². The van der Waals surface area contributed by atoms with E-state index in [2.05, 4.69) is 33.1 Å². The molecule has 2 aromatic rings. The number of phenols is 1. The molecule has 0 spiro atoms. The van der Waals surface area contributed by atoms with E-state index in [1.165, 1.54) is 6.21 Å². The summed E-state index contributed by atoms with van der Waals surface area (Å²) in [6, 6.07) is 10.7. The fourth-order valence-electron chi connectivity index (χ4n) is 1.88. The van der Waals surface area contributed by atoms with Gasteiger partial charge in [0.1, 0.15) is 5.75 Å². The molecule has 0 atom stereocenters. The number of carbonyl (C=O) groups excluding carboxylic acids is 1. The summed E-state index contributed by atoms with van der Waals surface area (Å²) in [5.74, 6) is 0.788. The number of halogens is 2. The molecule has 132 valence electrons. The Labute approximate surface area is 172 Å². The van der Waals surface area contributed by atoms with Crippen molar-refractivity contribution in [2.75, 3.05) is 13.2 Å². The lowest BCUT2D eigenvalue weighted by Gasteiger charge is -2.10. The highest BCUT2D eigenvalue weighted by Gasteiger charge is 2.08. The average molecular weight is 566 g/mol. The maximum absolute atomic E-state index is 11.8. The summed E-state index contributed by atoms with van der Waals surface area (Å²) >= 11 is 4.18. The number of nitrogens with one attached hydrogen (secondary N) is 1. The van der Waals surface area contributed by atoms with Gasteiger partial charge in [-0.2, -0.15) is 5.10 Å². The van der Waals surface area contributed by atoms with Gasteiger partial charge in [-0.1, -0.05) is 12.1 Å². The molecule has 0 saturated heterocycles. The molecule has 0 aliphatic heterocycles. The van der Waals surface area contributed by atoms with Crippen molar-refractivity contribution < 1.29 is 19.4 Å². The number of para-hydroxylation sites is 2. The van der Waals surface area contributed by atoms with Crippen LogP contribution in [0, 0.1) is 7.14 Å². The normalized spacial score (nSPS) is 10.7. The van der Waals surface area contributed by atoms with Crippen molar-refractivity contribution in [1.29, 1.82) is 0 Å². The number of aromatic hydroxyl groups is 1. The van der Waals surface area contributed by atoms with Gasteiger partial charge in [0.15, 0.2) is 18.1 Å². The summed E-state index contributed by atoms with van der Waals surface area (Å²) in [5, 5.41) is 13.8. The van der Waals surface area contributed by atoms with E-state index in [9.17, 15) is 9.90 Å². The van der Waals surface area contributed by atoms with E-state index in [1.807, 2.05) is 41.6 Å². The van der Waals surface area contributed by atoms with Crippen molar-refractivity contribution in [1.82, 2.24) is 5.43 Å². The van der Waals surface area contributed by atoms with Crippen LogP contribution in [0.5, 0.6) is 17.2 Å². The molecule has 1 amide bonds. The van der Waals surface area contributed by atoms with Gasteiger partial charge >= 0.3 is 0 Å². The number of hydrogen-bond acceptors (Lipinski definition) is 5. The van der Waals surface area contributed by atoms with Crippen LogP contribution in [0.25, 0.3) is 0 Å². The molecule has 0 aliphatic carbocycles. The van der Waals surface area contributed by atoms with Crippen LogP contribution in [-0.4, -0.2) is 30.4 Å². The molecule has 0 aliphatic rings. The number of nitrogens with zero attached hydrogens (tertiary/aromatic N) is 1. The number of phenolic OH excluding ortho intramolecular Hbond substituents is 1. The lowest BCUT2D eigenvalue weighted by molar-refractivity contribution is -0.123. The number of benzene rings is 2. The van der Waals surface area contributed by atoms with Gasteiger partial charge in [0.2, 0.25) is 0 Å². The van der Waals surface area contributed by atoms with E-state index in [0.29, 0.717) is 27.2 Å². The molecule has 0 saturated carbocycles. The number of hydrazone groups is 1. The van der Waals surface area contributed by atoms with E-state index in [-0.39, 0.29) is 12.4 Å². The molecule has 25 heavy (non-hydrogen) atoms. The van der Waals surface area contributed by atoms with E-state index in [1.54, 1.807) is 24.3 Å². The highest BCUT2D eigenvalue weighted by atomic mass is 127. The van der Waals surface area contributed by atoms with Gasteiger partial charge < -0.3 is 14.6 Å². The molecule has 0 radical (unpaired) electrons. The van der Waals surface area contributed by atoms with E-state index in [0.717, 1.165) is 3.57 Å². The van der Waals surface area contributed by atoms with Crippen LogP contribution in [0.2, 0.25) is 0 Å². The SMILES string of the molecule is CCOc1ccccc1OCC(=O)NN=Cc1cc(I)cc(I)c1O. The second-order valence-electron chi connectivity index (χ2n) is 4.79. The maximum atomic E-state index is 11.8. The van der Waals surface area contributed by atoms with Gasteiger partial charge in [0.05, 0.1) is 16.4 Å². The monoisotopic (exact) mass is 566 g/mol. The Kier molecular flexibility index (Phi) is 7.75. The van der Waals surface area contributed by atoms with E-state index in [4.69, 9.17) is 9.47 Å². The maximum Gasteiger partial charge on any atom is 0.277 e. The Morgan fingerprint density at radius 1 is 1.24 bits per heavy atom. The summed E-state index contributed by atoms with van der Waals surface area (Å²) in [5.41, 5.74) is 2.89. The van der Waals surface area contributed by atoms with Crippen molar-refractivity contribution >= 4 is 57.3 Å². The van der Waals surface area contributed by atoms with E-state index >= 15 is 0 Å². The summed E-state index contributed by atoms with van der Waals surface area (Å²) in [7, 11) is 0. The van der Waals surface area contributed by atoms with Crippen molar-refractivity contribution in [3.8, 4) is 17.2 Å². The summed E-state index contributed by atoms with van der Waals surface area (Å²) in [6.45, 7) is 2.19. The first-order valence-corrected chi connectivity index (χ1v) is 9.51. The Bertz CT molecular complexity index is 781. The molecule has 8 heteroatoms. The molecule has 0 unspecified atom stereocenters. The minimum absolute atomic E-state index is 0.126. The van der Waals surface area contributed by atoms with Crippen LogP contribution in [0.15, 0.2) is 41.5 Å². The van der Waals surface area contributed by atoms with Crippen LogP contribution in [0.4, 0.5) is 0 Å². The molecule has 0 aromatic heterocycles. The lowest BCUT2D eigenvalue weighted by Crippen LogP contribution is -2.24. The molecule has 6 nitrogen and oxygen atoms in total. The molecule has 2 N–H and O–H groups in total. The second kappa shape index (κ2) is 9.80. The van der Waals surface area contributed by atoms with Crippen LogP contribution in [0.3, 0.4) is 0 Å². The topological polar surface area (TPSA) is 80.2 Å². The predicted molar refractivity (Wildman–Crippen MR) is 112 cm³/mol. The zero-order valence-corrected chi connectivity index (χ0v) is 17.6. The summed E-state index contributed by atoms with van der Waals surface area (Å²) in [4.78, 5) is 11.8. The van der Waals surface area contributed by atoms with Crippen LogP contribution in [0.1, 0.15) is 12.5 Å². The average Bonchev–Trinajstić information content (AvgIpc) is 2.58. The van der Waals surface area contributed by atoms with Crippen LogP contribution >= 0.6 is 45.2 Å². The Morgan fingerprint density at radius 3 is 2.60 bits per heavy atom. The highest BCUT2D eigenvalue weighted by molar-refractivity contribution is 14.1. The first-order valence-electron chi connectivity index (χ1n) is 7.35. The largest absolute Gasteiger partial charge is 0.506 e. The minimum Gasteiger partial charge on any atom is -0.506 e. The zero-order chi connectivity index (χ0) is 18.2. The molecular formula is C17H16I2N2O4. The second-order valence-corrected chi connectivity index (χ2v) is 7.19. The highest BCUT2D eigenvalue weighted by Crippen LogP contribution is 2.26. The standard InChI is InChI=1S/C17H16I2N2O4/c1-2-24-14-5-3-4-6-15(14)25-10-16(22)21-20-9-11-7-12(18)8-13(19)17(11)23/h3-9,23H,2,10H2,1H3,(H,21,22). The smallest absolute Gasteiger partial charge is 0.277 e. The van der Waals surface area contributed by atoms with Crippen molar-refractivity contribution in [3.63, 3.8) is 0 Å². The van der Waals surface area contributed by atoms with Crippen molar-refractivity contribution in [3.05, 3.63) is 49.1 Å². The van der Waals surface area contributed by atoms with Gasteiger partial charge in [0, 0.05) is 9.13 Å². The van der Waals surface area contributed by atoms with Gasteiger partial charge in [0.25, 0.3) is 5.91 Å². The quantitative estimate of drug-likeness (QED) is 0.306. The first kappa shape index (κ1) is 19.8. The van der Waals surface area contributed by atoms with Crippen molar-refractivity contribution in [2.24, 2.45) is 5.10 Å². The fourth-order valence-corrected chi connectivity index (χ4v) is 3.77. The number of ether oxygens (including phenoxy) is 2. The van der Waals surface area contributed by atoms with Gasteiger partial charge in [-0.3, -0.25) is 4.79 Å². The Morgan fingerprint density at radius 2 is 1.92 bits per heavy atom. The number of amides is 1. The van der Waals surface area contributed by atoms with E-state index < -0.39 is 5.91 Å². The number of hydrogen-bond donors (Lipinski definition) is 2. The number of rotatable bonds is 7. The van der Waals surface area contributed by atoms with Crippen LogP contribution < -0.4 is 14.9 Å².